The molecule has 2 aromatic rings. The van der Waals surface area contributed by atoms with Gasteiger partial charge < -0.3 is 9.30 Å². The Bertz CT molecular complexity index is 635. The molecule has 0 aliphatic rings. The van der Waals surface area contributed by atoms with E-state index in [0.29, 0.717) is 15.5 Å². The third kappa shape index (κ3) is 2.98. The van der Waals surface area contributed by atoms with Gasteiger partial charge in [0.2, 0.25) is 0 Å². The van der Waals surface area contributed by atoms with Crippen molar-refractivity contribution in [3.8, 4) is 5.75 Å². The largest absolute Gasteiger partial charge is 0.481 e. The standard InChI is InChI=1S/C13H16ClN3OS/c1-4-17-12(15-16-13(17)19)9(3)18-11-7-8(2)5-6-10(11)14/h5-7,9H,4H2,1-3H3,(H,16,19). The number of hydrogen-bond donors (Lipinski definition) is 1. The lowest BCUT2D eigenvalue weighted by Gasteiger charge is -2.16. The summed E-state index contributed by atoms with van der Waals surface area (Å²) in [6, 6.07) is 5.69. The number of ether oxygens (including phenoxy) is 1. The number of nitrogens with one attached hydrogen (secondary N) is 1. The number of nitrogens with zero attached hydrogens (tertiary/aromatic N) is 2. The zero-order chi connectivity index (χ0) is 14.0. The number of rotatable bonds is 4. The van der Waals surface area contributed by atoms with Crippen LogP contribution in [0.15, 0.2) is 18.2 Å². The number of halogens is 1. The van der Waals surface area contributed by atoms with Crippen LogP contribution in [0.3, 0.4) is 0 Å². The van der Waals surface area contributed by atoms with Crippen molar-refractivity contribution in [1.82, 2.24) is 14.8 Å². The normalized spacial score (nSPS) is 12.4. The number of aromatic nitrogens is 3. The average Bonchev–Trinajstić information content (AvgIpc) is 2.75. The monoisotopic (exact) mass is 297 g/mol. The maximum absolute atomic E-state index is 6.13. The maximum Gasteiger partial charge on any atom is 0.195 e. The molecule has 0 aliphatic carbocycles. The van der Waals surface area contributed by atoms with Crippen molar-refractivity contribution in [1.29, 1.82) is 0 Å². The SMILES string of the molecule is CCn1c(C(C)Oc2cc(C)ccc2Cl)n[nH]c1=S. The Hall–Kier alpha value is -1.33. The van der Waals surface area contributed by atoms with Gasteiger partial charge in [-0.25, -0.2) is 0 Å². The lowest BCUT2D eigenvalue weighted by Crippen LogP contribution is -2.11. The highest BCUT2D eigenvalue weighted by Gasteiger charge is 2.16. The lowest BCUT2D eigenvalue weighted by molar-refractivity contribution is 0.210. The number of hydrogen-bond acceptors (Lipinski definition) is 3. The molecule has 1 heterocycles. The van der Waals surface area contributed by atoms with Crippen LogP contribution in [0.1, 0.15) is 31.3 Å². The van der Waals surface area contributed by atoms with Gasteiger partial charge in [-0.1, -0.05) is 17.7 Å². The Kier molecular flexibility index (Phi) is 4.27. The molecule has 2 rings (SSSR count). The molecule has 1 atom stereocenters. The number of aryl methyl sites for hydroxylation is 1. The minimum atomic E-state index is -0.229. The van der Waals surface area contributed by atoms with Crippen molar-refractivity contribution in [2.75, 3.05) is 0 Å². The molecule has 0 bridgehead atoms. The zero-order valence-electron chi connectivity index (χ0n) is 11.1. The van der Waals surface area contributed by atoms with E-state index in [9.17, 15) is 0 Å². The summed E-state index contributed by atoms with van der Waals surface area (Å²) in [6.07, 6.45) is -0.229. The molecule has 0 saturated heterocycles. The first-order chi connectivity index (χ1) is 9.02. The van der Waals surface area contributed by atoms with E-state index in [4.69, 9.17) is 28.6 Å². The van der Waals surface area contributed by atoms with Crippen molar-refractivity contribution >= 4 is 23.8 Å². The third-order valence-corrected chi connectivity index (χ3v) is 3.48. The molecule has 0 saturated carbocycles. The molecule has 102 valence electrons. The van der Waals surface area contributed by atoms with Gasteiger partial charge in [0, 0.05) is 6.54 Å². The van der Waals surface area contributed by atoms with Gasteiger partial charge in [-0.2, -0.15) is 5.10 Å². The van der Waals surface area contributed by atoms with Gasteiger partial charge in [0.05, 0.1) is 5.02 Å². The van der Waals surface area contributed by atoms with Crippen molar-refractivity contribution in [3.05, 3.63) is 39.4 Å². The molecule has 0 aliphatic heterocycles. The maximum atomic E-state index is 6.13. The fraction of sp³-hybridized carbons (Fsp3) is 0.385. The van der Waals surface area contributed by atoms with E-state index in [1.807, 2.05) is 43.5 Å². The van der Waals surface area contributed by atoms with E-state index in [-0.39, 0.29) is 6.10 Å². The fourth-order valence-corrected chi connectivity index (χ4v) is 2.32. The molecule has 1 aromatic carbocycles. The highest BCUT2D eigenvalue weighted by molar-refractivity contribution is 7.71. The second kappa shape index (κ2) is 5.75. The minimum absolute atomic E-state index is 0.229. The smallest absolute Gasteiger partial charge is 0.195 e. The van der Waals surface area contributed by atoms with E-state index in [0.717, 1.165) is 17.9 Å². The van der Waals surface area contributed by atoms with Gasteiger partial charge in [0.25, 0.3) is 0 Å². The lowest BCUT2D eigenvalue weighted by atomic mass is 10.2. The van der Waals surface area contributed by atoms with Crippen molar-refractivity contribution in [2.24, 2.45) is 0 Å². The summed E-state index contributed by atoms with van der Waals surface area (Å²) in [5.74, 6) is 1.43. The predicted octanol–water partition coefficient (Wildman–Crippen LogP) is 4.06. The minimum Gasteiger partial charge on any atom is -0.481 e. The topological polar surface area (TPSA) is 42.8 Å². The highest BCUT2D eigenvalue weighted by atomic mass is 35.5. The van der Waals surface area contributed by atoms with E-state index in [1.54, 1.807) is 0 Å². The molecule has 0 fully saturated rings. The first kappa shape index (κ1) is 14.1. The second-order valence-electron chi connectivity index (χ2n) is 4.33. The van der Waals surface area contributed by atoms with Gasteiger partial charge in [0.1, 0.15) is 5.75 Å². The second-order valence-corrected chi connectivity index (χ2v) is 5.12. The van der Waals surface area contributed by atoms with Crippen LogP contribution in [-0.4, -0.2) is 14.8 Å². The molecule has 0 spiro atoms. The van der Waals surface area contributed by atoms with E-state index in [1.165, 1.54) is 0 Å². The Balaban J connectivity index is 2.27. The van der Waals surface area contributed by atoms with E-state index < -0.39 is 0 Å². The van der Waals surface area contributed by atoms with Crippen molar-refractivity contribution < 1.29 is 4.74 Å². The number of benzene rings is 1. The quantitative estimate of drug-likeness (QED) is 0.865. The Labute approximate surface area is 122 Å². The van der Waals surface area contributed by atoms with Crippen molar-refractivity contribution in [3.63, 3.8) is 0 Å². The van der Waals surface area contributed by atoms with E-state index >= 15 is 0 Å². The van der Waals surface area contributed by atoms with Crippen LogP contribution in [0.25, 0.3) is 0 Å². The van der Waals surface area contributed by atoms with Gasteiger partial charge in [-0.3, -0.25) is 5.10 Å². The summed E-state index contributed by atoms with van der Waals surface area (Å²) in [5, 5.41) is 7.59. The molecule has 19 heavy (non-hydrogen) atoms. The van der Waals surface area contributed by atoms with Crippen molar-refractivity contribution in [2.45, 2.75) is 33.4 Å². The summed E-state index contributed by atoms with van der Waals surface area (Å²) in [4.78, 5) is 0. The molecule has 4 nitrogen and oxygen atoms in total. The first-order valence-electron chi connectivity index (χ1n) is 6.10. The summed E-state index contributed by atoms with van der Waals surface area (Å²) in [5.41, 5.74) is 1.10. The number of aromatic amines is 1. The number of H-pyrrole nitrogens is 1. The Morgan fingerprint density at radius 2 is 2.26 bits per heavy atom. The highest BCUT2D eigenvalue weighted by Crippen LogP contribution is 2.29. The summed E-state index contributed by atoms with van der Waals surface area (Å²) in [6.45, 7) is 6.69. The van der Waals surface area contributed by atoms with Gasteiger partial charge in [-0.05, 0) is 50.7 Å². The average molecular weight is 298 g/mol. The molecule has 0 amide bonds. The van der Waals surface area contributed by atoms with Gasteiger partial charge in [0.15, 0.2) is 16.7 Å². The van der Waals surface area contributed by atoms with Crippen LogP contribution in [-0.2, 0) is 6.54 Å². The third-order valence-electron chi connectivity index (χ3n) is 2.86. The van der Waals surface area contributed by atoms with Crippen LogP contribution in [0.5, 0.6) is 5.75 Å². The van der Waals surface area contributed by atoms with Crippen LogP contribution in [0, 0.1) is 11.7 Å². The molecule has 6 heteroatoms. The van der Waals surface area contributed by atoms with Gasteiger partial charge >= 0.3 is 0 Å². The van der Waals surface area contributed by atoms with Crippen LogP contribution in [0.2, 0.25) is 5.02 Å². The van der Waals surface area contributed by atoms with Gasteiger partial charge in [-0.15, -0.1) is 0 Å². The molecule has 1 unspecified atom stereocenters. The molecule has 1 aromatic heterocycles. The molecule has 0 radical (unpaired) electrons. The molecular formula is C13H16ClN3OS. The Morgan fingerprint density at radius 1 is 1.53 bits per heavy atom. The van der Waals surface area contributed by atoms with E-state index in [2.05, 4.69) is 10.2 Å². The summed E-state index contributed by atoms with van der Waals surface area (Å²) >= 11 is 11.3. The van der Waals surface area contributed by atoms with Crippen LogP contribution < -0.4 is 4.74 Å². The fourth-order valence-electron chi connectivity index (χ4n) is 1.89. The van der Waals surface area contributed by atoms with Crippen LogP contribution in [0.4, 0.5) is 0 Å². The summed E-state index contributed by atoms with van der Waals surface area (Å²) < 4.78 is 8.39. The first-order valence-corrected chi connectivity index (χ1v) is 6.89. The van der Waals surface area contributed by atoms with Crippen LogP contribution >= 0.6 is 23.8 Å². The molecule has 1 N–H and O–H groups in total. The Morgan fingerprint density at radius 3 is 2.95 bits per heavy atom. The predicted molar refractivity (Wildman–Crippen MR) is 78.3 cm³/mol. The summed E-state index contributed by atoms with van der Waals surface area (Å²) in [7, 11) is 0. The molecular weight excluding hydrogens is 282 g/mol. The zero-order valence-corrected chi connectivity index (χ0v) is 12.7.